The summed E-state index contributed by atoms with van der Waals surface area (Å²) in [6.07, 6.45) is 1.68. The highest BCUT2D eigenvalue weighted by Crippen LogP contribution is 2.29. The van der Waals surface area contributed by atoms with Crippen LogP contribution in [0.4, 0.5) is 11.5 Å². The van der Waals surface area contributed by atoms with Crippen LogP contribution < -0.4 is 20.7 Å². The minimum atomic E-state index is -0.497. The van der Waals surface area contributed by atoms with Gasteiger partial charge in [-0.3, -0.25) is 9.59 Å². The number of aromatic nitrogens is 2. The second kappa shape index (κ2) is 9.47. The van der Waals surface area contributed by atoms with Gasteiger partial charge in [0.1, 0.15) is 5.75 Å². The molecule has 1 aromatic heterocycles. The summed E-state index contributed by atoms with van der Waals surface area (Å²) in [6, 6.07) is 18.1. The molecule has 4 rings (SSSR count). The van der Waals surface area contributed by atoms with E-state index in [1.807, 2.05) is 36.4 Å². The van der Waals surface area contributed by atoms with E-state index in [0.717, 1.165) is 42.2 Å². The van der Waals surface area contributed by atoms with E-state index in [1.54, 1.807) is 31.4 Å². The number of para-hydroxylation sites is 1. The predicted octanol–water partition coefficient (Wildman–Crippen LogP) is 3.11. The number of nitrogens with two attached hydrogens (primary N) is 1. The molecule has 164 valence electrons. The number of carbonyl (C=O) groups is 2. The van der Waals surface area contributed by atoms with Crippen molar-refractivity contribution in [3.05, 3.63) is 66.2 Å². The number of amides is 2. The molecule has 8 nitrogen and oxygen atoms in total. The Bertz CT molecular complexity index is 1100. The summed E-state index contributed by atoms with van der Waals surface area (Å²) >= 11 is 0. The molecule has 32 heavy (non-hydrogen) atoms. The van der Waals surface area contributed by atoms with Crippen LogP contribution in [0, 0.1) is 5.92 Å². The maximum Gasteiger partial charge on any atom is 0.248 e. The Labute approximate surface area is 186 Å². The lowest BCUT2D eigenvalue weighted by atomic mass is 9.97. The van der Waals surface area contributed by atoms with E-state index >= 15 is 0 Å². The van der Waals surface area contributed by atoms with Crippen LogP contribution in [0.25, 0.3) is 11.3 Å². The molecule has 2 heterocycles. The van der Waals surface area contributed by atoms with Gasteiger partial charge in [0.15, 0.2) is 5.82 Å². The zero-order valence-corrected chi connectivity index (χ0v) is 17.8. The van der Waals surface area contributed by atoms with E-state index in [2.05, 4.69) is 20.4 Å². The van der Waals surface area contributed by atoms with Crippen LogP contribution in [0.5, 0.6) is 5.75 Å². The van der Waals surface area contributed by atoms with Crippen molar-refractivity contribution in [1.82, 2.24) is 10.2 Å². The Morgan fingerprint density at radius 3 is 2.53 bits per heavy atom. The standard InChI is InChI=1S/C24H25N5O3/c1-32-21-7-3-2-6-19(21)20-12-13-22(28-27-20)29-14-4-5-17(15-29)24(31)26-18-10-8-16(9-11-18)23(25)30/h2-3,6-13,17H,4-5,14-15H2,1H3,(H2,25,30)(H,26,31). The monoisotopic (exact) mass is 431 g/mol. The number of primary amides is 1. The van der Waals surface area contributed by atoms with Gasteiger partial charge in [-0.25, -0.2) is 0 Å². The van der Waals surface area contributed by atoms with Gasteiger partial charge in [-0.05, 0) is 61.4 Å². The molecule has 0 bridgehead atoms. The SMILES string of the molecule is COc1ccccc1-c1ccc(N2CCCC(C(=O)Nc3ccc(C(N)=O)cc3)C2)nn1. The number of ether oxygens (including phenoxy) is 1. The molecule has 8 heteroatoms. The molecule has 1 fully saturated rings. The smallest absolute Gasteiger partial charge is 0.248 e. The molecule has 3 aromatic rings. The Balaban J connectivity index is 1.42. The number of nitrogens with one attached hydrogen (secondary N) is 1. The fraction of sp³-hybridized carbons (Fsp3) is 0.250. The van der Waals surface area contributed by atoms with E-state index in [4.69, 9.17) is 10.5 Å². The van der Waals surface area contributed by atoms with Crippen LogP contribution in [0.2, 0.25) is 0 Å². The zero-order chi connectivity index (χ0) is 22.5. The summed E-state index contributed by atoms with van der Waals surface area (Å²) < 4.78 is 5.41. The highest BCUT2D eigenvalue weighted by atomic mass is 16.5. The number of hydrogen-bond acceptors (Lipinski definition) is 6. The lowest BCUT2D eigenvalue weighted by molar-refractivity contribution is -0.120. The highest BCUT2D eigenvalue weighted by Gasteiger charge is 2.27. The summed E-state index contributed by atoms with van der Waals surface area (Å²) in [5.41, 5.74) is 7.92. The molecule has 2 aromatic carbocycles. The third-order valence-electron chi connectivity index (χ3n) is 5.59. The maximum absolute atomic E-state index is 12.8. The van der Waals surface area contributed by atoms with E-state index in [9.17, 15) is 9.59 Å². The zero-order valence-electron chi connectivity index (χ0n) is 17.8. The van der Waals surface area contributed by atoms with Gasteiger partial charge in [0.2, 0.25) is 11.8 Å². The number of methoxy groups -OCH3 is 1. The minimum absolute atomic E-state index is 0.0554. The average Bonchev–Trinajstić information content (AvgIpc) is 2.84. The highest BCUT2D eigenvalue weighted by molar-refractivity contribution is 5.95. The Hall–Kier alpha value is -3.94. The fourth-order valence-electron chi connectivity index (χ4n) is 3.86. The maximum atomic E-state index is 12.8. The van der Waals surface area contributed by atoms with Gasteiger partial charge in [0.25, 0.3) is 0 Å². The minimum Gasteiger partial charge on any atom is -0.496 e. The van der Waals surface area contributed by atoms with Crippen molar-refractivity contribution in [3.63, 3.8) is 0 Å². The molecule has 1 saturated heterocycles. The van der Waals surface area contributed by atoms with Crippen LogP contribution in [0.1, 0.15) is 23.2 Å². The van der Waals surface area contributed by atoms with Crippen LogP contribution >= 0.6 is 0 Å². The Morgan fingerprint density at radius 2 is 1.84 bits per heavy atom. The molecule has 0 aliphatic carbocycles. The summed E-state index contributed by atoms with van der Waals surface area (Å²) in [6.45, 7) is 1.38. The first kappa shape index (κ1) is 21.3. The van der Waals surface area contributed by atoms with E-state index < -0.39 is 5.91 Å². The molecule has 0 saturated carbocycles. The van der Waals surface area contributed by atoms with Gasteiger partial charge in [-0.2, -0.15) is 0 Å². The summed E-state index contributed by atoms with van der Waals surface area (Å²) in [5, 5.41) is 11.7. The van der Waals surface area contributed by atoms with E-state index in [-0.39, 0.29) is 11.8 Å². The van der Waals surface area contributed by atoms with E-state index in [0.29, 0.717) is 17.8 Å². The number of piperidine rings is 1. The van der Waals surface area contributed by atoms with Crippen LogP contribution in [0.3, 0.4) is 0 Å². The van der Waals surface area contributed by atoms with Crippen molar-refractivity contribution in [1.29, 1.82) is 0 Å². The second-order valence-corrected chi connectivity index (χ2v) is 7.69. The summed E-state index contributed by atoms with van der Waals surface area (Å²) in [5.74, 6) is 0.763. The van der Waals surface area contributed by atoms with Crippen LogP contribution in [-0.4, -0.2) is 42.2 Å². The van der Waals surface area contributed by atoms with Gasteiger partial charge >= 0.3 is 0 Å². The van der Waals surface area contributed by atoms with Gasteiger partial charge in [-0.15, -0.1) is 10.2 Å². The molecular formula is C24H25N5O3. The first-order valence-corrected chi connectivity index (χ1v) is 10.5. The Morgan fingerprint density at radius 1 is 1.06 bits per heavy atom. The first-order valence-electron chi connectivity index (χ1n) is 10.5. The molecular weight excluding hydrogens is 406 g/mol. The van der Waals surface area contributed by atoms with Gasteiger partial charge < -0.3 is 20.7 Å². The van der Waals surface area contributed by atoms with Gasteiger partial charge in [0.05, 0.1) is 18.7 Å². The first-order chi connectivity index (χ1) is 15.5. The van der Waals surface area contributed by atoms with Crippen molar-refractivity contribution in [2.45, 2.75) is 12.8 Å². The van der Waals surface area contributed by atoms with Crippen molar-refractivity contribution < 1.29 is 14.3 Å². The summed E-state index contributed by atoms with van der Waals surface area (Å²) in [7, 11) is 1.63. The third kappa shape index (κ3) is 4.69. The molecule has 3 N–H and O–H groups in total. The van der Waals surface area contributed by atoms with Crippen molar-refractivity contribution in [2.75, 3.05) is 30.4 Å². The van der Waals surface area contributed by atoms with E-state index in [1.165, 1.54) is 0 Å². The summed E-state index contributed by atoms with van der Waals surface area (Å²) in [4.78, 5) is 26.1. The molecule has 1 aliphatic rings. The number of benzene rings is 2. The second-order valence-electron chi connectivity index (χ2n) is 7.69. The van der Waals surface area contributed by atoms with Gasteiger partial charge in [0, 0.05) is 29.9 Å². The molecule has 0 spiro atoms. The average molecular weight is 431 g/mol. The molecule has 1 atom stereocenters. The normalized spacial score (nSPS) is 15.8. The fourth-order valence-corrected chi connectivity index (χ4v) is 3.86. The number of nitrogens with zero attached hydrogens (tertiary/aromatic N) is 3. The largest absolute Gasteiger partial charge is 0.496 e. The van der Waals surface area contributed by atoms with Crippen molar-refractivity contribution in [2.24, 2.45) is 11.7 Å². The quantitative estimate of drug-likeness (QED) is 0.621. The molecule has 0 radical (unpaired) electrons. The van der Waals surface area contributed by atoms with Gasteiger partial charge in [-0.1, -0.05) is 12.1 Å². The van der Waals surface area contributed by atoms with Crippen molar-refractivity contribution in [3.8, 4) is 17.0 Å². The number of anilines is 2. The topological polar surface area (TPSA) is 110 Å². The molecule has 1 aliphatic heterocycles. The molecule has 2 amide bonds. The van der Waals surface area contributed by atoms with Crippen LogP contribution in [0.15, 0.2) is 60.7 Å². The number of carbonyl (C=O) groups excluding carboxylic acids is 2. The van der Waals surface area contributed by atoms with Crippen LogP contribution in [-0.2, 0) is 4.79 Å². The number of hydrogen-bond donors (Lipinski definition) is 2. The number of rotatable bonds is 6. The lowest BCUT2D eigenvalue weighted by Gasteiger charge is -2.32. The predicted molar refractivity (Wildman–Crippen MR) is 123 cm³/mol. The third-order valence-corrected chi connectivity index (χ3v) is 5.59. The van der Waals surface area contributed by atoms with Crippen molar-refractivity contribution >= 4 is 23.3 Å². The Kier molecular flexibility index (Phi) is 6.30. The molecule has 1 unspecified atom stereocenters. The lowest BCUT2D eigenvalue weighted by Crippen LogP contribution is -2.41.